The molecule has 1 aliphatic rings. The van der Waals surface area contributed by atoms with Crippen LogP contribution in [0.1, 0.15) is 31.4 Å². The number of nitrogens with one attached hydrogen (secondary N) is 1. The summed E-state index contributed by atoms with van der Waals surface area (Å²) in [4.78, 5) is 12.6. The molecular weight excluding hydrogens is 375 g/mol. The van der Waals surface area contributed by atoms with Crippen LogP contribution >= 0.6 is 11.8 Å². The summed E-state index contributed by atoms with van der Waals surface area (Å²) in [6.07, 6.45) is 2.02. The van der Waals surface area contributed by atoms with Crippen LogP contribution < -0.4 is 5.32 Å². The lowest BCUT2D eigenvalue weighted by atomic mass is 10.2. The van der Waals surface area contributed by atoms with Crippen LogP contribution in [0.3, 0.4) is 0 Å². The molecule has 4 rings (SSSR count). The highest BCUT2D eigenvalue weighted by molar-refractivity contribution is 8.00. The molecular formula is C21H21FN4OS. The van der Waals surface area contributed by atoms with Gasteiger partial charge in [-0.15, -0.1) is 10.2 Å². The number of hydrogen-bond donors (Lipinski definition) is 1. The maximum Gasteiger partial charge on any atom is 0.237 e. The van der Waals surface area contributed by atoms with Gasteiger partial charge in [0.1, 0.15) is 5.82 Å². The average Bonchev–Trinajstić information content (AvgIpc) is 3.44. The third-order valence-corrected chi connectivity index (χ3v) is 5.80. The number of aromatic nitrogens is 3. The number of para-hydroxylation sites is 1. The fraction of sp³-hybridized carbons (Fsp3) is 0.286. The first kappa shape index (κ1) is 18.7. The molecule has 1 amide bonds. The van der Waals surface area contributed by atoms with E-state index in [1.807, 2.05) is 42.7 Å². The predicted molar refractivity (Wildman–Crippen MR) is 109 cm³/mol. The Balaban J connectivity index is 1.56. The zero-order valence-corrected chi connectivity index (χ0v) is 16.5. The van der Waals surface area contributed by atoms with Gasteiger partial charge >= 0.3 is 0 Å². The topological polar surface area (TPSA) is 59.8 Å². The Morgan fingerprint density at radius 2 is 1.89 bits per heavy atom. The Hall–Kier alpha value is -2.67. The molecule has 0 bridgehead atoms. The Morgan fingerprint density at radius 3 is 2.61 bits per heavy atom. The van der Waals surface area contributed by atoms with Crippen molar-refractivity contribution >= 4 is 23.4 Å². The average molecular weight is 396 g/mol. The quantitative estimate of drug-likeness (QED) is 0.605. The largest absolute Gasteiger partial charge is 0.325 e. The van der Waals surface area contributed by atoms with E-state index in [9.17, 15) is 9.18 Å². The molecule has 1 N–H and O–H groups in total. The molecule has 1 heterocycles. The van der Waals surface area contributed by atoms with Crippen molar-refractivity contribution in [2.45, 2.75) is 43.1 Å². The number of carbonyl (C=O) groups is 1. The van der Waals surface area contributed by atoms with Crippen LogP contribution in [0.15, 0.2) is 53.7 Å². The highest BCUT2D eigenvalue weighted by atomic mass is 32.2. The maximum atomic E-state index is 14.3. The van der Waals surface area contributed by atoms with Crippen LogP contribution in [0.4, 0.5) is 10.1 Å². The van der Waals surface area contributed by atoms with Gasteiger partial charge in [-0.2, -0.15) is 0 Å². The van der Waals surface area contributed by atoms with E-state index < -0.39 is 0 Å². The summed E-state index contributed by atoms with van der Waals surface area (Å²) in [6, 6.07) is 14.5. The van der Waals surface area contributed by atoms with Crippen molar-refractivity contribution in [2.75, 3.05) is 5.32 Å². The third kappa shape index (κ3) is 3.80. The molecule has 1 fully saturated rings. The molecule has 0 saturated heterocycles. The van der Waals surface area contributed by atoms with Crippen molar-refractivity contribution < 1.29 is 9.18 Å². The first-order chi connectivity index (χ1) is 13.5. The van der Waals surface area contributed by atoms with E-state index in [1.54, 1.807) is 18.2 Å². The lowest BCUT2D eigenvalue weighted by molar-refractivity contribution is -0.115. The van der Waals surface area contributed by atoms with Crippen LogP contribution in [0.2, 0.25) is 0 Å². The second kappa shape index (κ2) is 7.75. The molecule has 7 heteroatoms. The molecule has 0 radical (unpaired) electrons. The van der Waals surface area contributed by atoms with E-state index in [4.69, 9.17) is 0 Å². The molecule has 1 aromatic heterocycles. The molecule has 144 valence electrons. The summed E-state index contributed by atoms with van der Waals surface area (Å²) >= 11 is 1.35. The number of carbonyl (C=O) groups excluding carboxylic acids is 1. The molecule has 1 saturated carbocycles. The normalized spacial score (nSPS) is 14.7. The molecule has 0 aliphatic heterocycles. The Kier molecular flexibility index (Phi) is 5.17. The molecule has 28 heavy (non-hydrogen) atoms. The van der Waals surface area contributed by atoms with Gasteiger partial charge in [0.05, 0.1) is 10.8 Å². The van der Waals surface area contributed by atoms with Crippen LogP contribution in [0.5, 0.6) is 0 Å². The van der Waals surface area contributed by atoms with E-state index in [0.29, 0.717) is 16.5 Å². The Labute approximate surface area is 167 Å². The molecule has 0 unspecified atom stereocenters. The van der Waals surface area contributed by atoms with Crippen LogP contribution in [-0.4, -0.2) is 25.9 Å². The lowest BCUT2D eigenvalue weighted by Gasteiger charge is -2.14. The number of nitrogens with zero attached hydrogens (tertiary/aromatic N) is 3. The molecule has 1 atom stereocenters. The predicted octanol–water partition coefficient (Wildman–Crippen LogP) is 4.85. The van der Waals surface area contributed by atoms with Crippen molar-refractivity contribution in [3.8, 4) is 11.4 Å². The number of aryl methyl sites for hydroxylation is 1. The second-order valence-electron chi connectivity index (χ2n) is 6.95. The minimum Gasteiger partial charge on any atom is -0.325 e. The lowest BCUT2D eigenvalue weighted by Crippen LogP contribution is -2.23. The van der Waals surface area contributed by atoms with Crippen LogP contribution in [-0.2, 0) is 4.79 Å². The zero-order chi connectivity index (χ0) is 19.7. The SMILES string of the molecule is Cc1ccccc1NC(=O)[C@@H](C)Sc1nnc(-c2ccccc2F)n1C1CC1. The molecule has 3 aromatic rings. The summed E-state index contributed by atoms with van der Waals surface area (Å²) in [5, 5.41) is 11.8. The fourth-order valence-corrected chi connectivity index (χ4v) is 3.92. The molecule has 5 nitrogen and oxygen atoms in total. The molecule has 2 aromatic carbocycles. The van der Waals surface area contributed by atoms with Gasteiger partial charge in [0, 0.05) is 11.7 Å². The van der Waals surface area contributed by atoms with Crippen molar-refractivity contribution in [2.24, 2.45) is 0 Å². The summed E-state index contributed by atoms with van der Waals surface area (Å²) in [7, 11) is 0. The van der Waals surface area contributed by atoms with Crippen molar-refractivity contribution in [3.63, 3.8) is 0 Å². The van der Waals surface area contributed by atoms with E-state index in [1.165, 1.54) is 17.8 Å². The minimum atomic E-state index is -0.366. The van der Waals surface area contributed by atoms with Crippen molar-refractivity contribution in [1.82, 2.24) is 14.8 Å². The Morgan fingerprint density at radius 1 is 1.18 bits per heavy atom. The first-order valence-corrected chi connectivity index (χ1v) is 10.2. The number of rotatable bonds is 6. The summed E-state index contributed by atoms with van der Waals surface area (Å²) < 4.78 is 16.2. The van der Waals surface area contributed by atoms with E-state index in [0.717, 1.165) is 24.1 Å². The maximum absolute atomic E-state index is 14.3. The number of halogens is 1. The molecule has 0 spiro atoms. The van der Waals surface area contributed by atoms with Gasteiger partial charge in [-0.3, -0.25) is 9.36 Å². The van der Waals surface area contributed by atoms with Gasteiger partial charge in [0.15, 0.2) is 11.0 Å². The number of anilines is 1. The van der Waals surface area contributed by atoms with Gasteiger partial charge in [0.25, 0.3) is 0 Å². The zero-order valence-electron chi connectivity index (χ0n) is 15.7. The highest BCUT2D eigenvalue weighted by Crippen LogP contribution is 2.42. The number of hydrogen-bond acceptors (Lipinski definition) is 4. The van der Waals surface area contributed by atoms with Crippen molar-refractivity contribution in [1.29, 1.82) is 0 Å². The van der Waals surface area contributed by atoms with Gasteiger partial charge in [-0.1, -0.05) is 42.1 Å². The van der Waals surface area contributed by atoms with Gasteiger partial charge < -0.3 is 5.32 Å². The van der Waals surface area contributed by atoms with Crippen LogP contribution in [0.25, 0.3) is 11.4 Å². The summed E-state index contributed by atoms with van der Waals surface area (Å²) in [5.41, 5.74) is 2.25. The van der Waals surface area contributed by atoms with E-state index >= 15 is 0 Å². The minimum absolute atomic E-state index is 0.0999. The van der Waals surface area contributed by atoms with Gasteiger partial charge in [-0.25, -0.2) is 4.39 Å². The number of benzene rings is 2. The fourth-order valence-electron chi connectivity index (χ4n) is 3.00. The highest BCUT2D eigenvalue weighted by Gasteiger charge is 2.32. The van der Waals surface area contributed by atoms with E-state index in [2.05, 4.69) is 15.5 Å². The first-order valence-electron chi connectivity index (χ1n) is 9.27. The number of amides is 1. The second-order valence-corrected chi connectivity index (χ2v) is 8.26. The molecule has 1 aliphatic carbocycles. The van der Waals surface area contributed by atoms with E-state index in [-0.39, 0.29) is 23.0 Å². The van der Waals surface area contributed by atoms with Crippen molar-refractivity contribution in [3.05, 3.63) is 59.9 Å². The summed E-state index contributed by atoms with van der Waals surface area (Å²) in [6.45, 7) is 3.80. The van der Waals surface area contributed by atoms with Crippen LogP contribution in [0, 0.1) is 12.7 Å². The smallest absolute Gasteiger partial charge is 0.237 e. The third-order valence-electron chi connectivity index (χ3n) is 4.75. The van der Waals surface area contributed by atoms with Gasteiger partial charge in [0.2, 0.25) is 5.91 Å². The standard InChI is InChI=1S/C21H21FN4OS/c1-13-7-3-6-10-18(13)23-20(27)14(2)28-21-25-24-19(26(21)15-11-12-15)16-8-4-5-9-17(16)22/h3-10,14-15H,11-12H2,1-2H3,(H,23,27)/t14-/m1/s1. The summed E-state index contributed by atoms with van der Waals surface area (Å²) in [5.74, 6) is 0.102. The van der Waals surface area contributed by atoms with Gasteiger partial charge in [-0.05, 0) is 50.5 Å². The monoisotopic (exact) mass is 396 g/mol. The Bertz CT molecular complexity index is 1020. The number of thioether (sulfide) groups is 1.